The van der Waals surface area contributed by atoms with Crippen molar-refractivity contribution in [2.24, 2.45) is 5.84 Å². The first kappa shape index (κ1) is 9.03. The van der Waals surface area contributed by atoms with Crippen LogP contribution in [0.5, 0.6) is 0 Å². The van der Waals surface area contributed by atoms with Crippen LogP contribution in [0.2, 0.25) is 0 Å². The van der Waals surface area contributed by atoms with Crippen molar-refractivity contribution in [3.8, 4) is 0 Å². The van der Waals surface area contributed by atoms with Crippen molar-refractivity contribution in [1.82, 2.24) is 5.43 Å². The van der Waals surface area contributed by atoms with E-state index in [0.717, 1.165) is 0 Å². The quantitative estimate of drug-likeness (QED) is 0.396. The Labute approximate surface area is 73.1 Å². The van der Waals surface area contributed by atoms with Crippen LogP contribution in [0.25, 0.3) is 0 Å². The van der Waals surface area contributed by atoms with Crippen molar-refractivity contribution < 1.29 is 0 Å². The highest BCUT2D eigenvalue weighted by atomic mass is 15.3. The zero-order valence-electron chi connectivity index (χ0n) is 7.54. The van der Waals surface area contributed by atoms with Gasteiger partial charge in [0, 0.05) is 12.7 Å². The van der Waals surface area contributed by atoms with Gasteiger partial charge in [0.05, 0.1) is 6.67 Å². The molecule has 66 valence electrons. The normalized spacial score (nSPS) is 9.92. The van der Waals surface area contributed by atoms with Crippen molar-refractivity contribution in [1.29, 1.82) is 0 Å². The van der Waals surface area contributed by atoms with Crippen LogP contribution < -0.4 is 16.2 Å². The second-order valence-corrected chi connectivity index (χ2v) is 2.90. The van der Waals surface area contributed by atoms with Gasteiger partial charge in [-0.3, -0.25) is 5.84 Å². The largest absolute Gasteiger partial charge is 0.361 e. The average Bonchev–Trinajstić information content (AvgIpc) is 2.05. The van der Waals surface area contributed by atoms with Gasteiger partial charge in [0.2, 0.25) is 0 Å². The molecular formula is C9H15N3. The summed E-state index contributed by atoms with van der Waals surface area (Å²) in [5.41, 5.74) is 5.05. The molecule has 0 radical (unpaired) electrons. The van der Waals surface area contributed by atoms with Gasteiger partial charge in [0.25, 0.3) is 0 Å². The monoisotopic (exact) mass is 165 g/mol. The molecule has 0 saturated carbocycles. The van der Waals surface area contributed by atoms with E-state index in [9.17, 15) is 0 Å². The number of benzene rings is 1. The lowest BCUT2D eigenvalue weighted by molar-refractivity contribution is 0.718. The molecule has 0 heterocycles. The average molecular weight is 165 g/mol. The molecule has 1 rings (SSSR count). The molecule has 0 unspecified atom stereocenters. The molecule has 3 heteroatoms. The molecule has 0 fully saturated rings. The molecule has 0 amide bonds. The first-order valence-corrected chi connectivity index (χ1v) is 3.95. The second-order valence-electron chi connectivity index (χ2n) is 2.90. The number of hydrazine groups is 1. The minimum Gasteiger partial charge on any atom is -0.361 e. The molecule has 0 saturated heterocycles. The number of nitrogens with two attached hydrogens (primary N) is 1. The lowest BCUT2D eigenvalue weighted by Crippen LogP contribution is -2.35. The van der Waals surface area contributed by atoms with E-state index in [0.29, 0.717) is 6.67 Å². The Balaban J connectivity index is 2.73. The number of nitrogens with one attached hydrogen (secondary N) is 1. The van der Waals surface area contributed by atoms with E-state index in [4.69, 9.17) is 5.84 Å². The number of hydrogen-bond donors (Lipinski definition) is 2. The molecule has 0 aromatic heterocycles. The smallest absolute Gasteiger partial charge is 0.0805 e. The van der Waals surface area contributed by atoms with E-state index in [1.807, 2.05) is 18.0 Å². The van der Waals surface area contributed by atoms with Crippen LogP contribution in [-0.4, -0.2) is 13.7 Å². The van der Waals surface area contributed by atoms with Crippen LogP contribution in [-0.2, 0) is 0 Å². The van der Waals surface area contributed by atoms with Crippen LogP contribution in [0.4, 0.5) is 5.69 Å². The van der Waals surface area contributed by atoms with Crippen LogP contribution in [0, 0.1) is 6.92 Å². The highest BCUT2D eigenvalue weighted by Crippen LogP contribution is 2.12. The maximum Gasteiger partial charge on any atom is 0.0805 e. The number of rotatable bonds is 3. The SMILES string of the molecule is Cc1cccc(N(C)CNN)c1. The first-order chi connectivity index (χ1) is 5.74. The predicted octanol–water partition coefficient (Wildman–Crippen LogP) is 0.852. The third kappa shape index (κ3) is 2.22. The molecule has 0 bridgehead atoms. The molecule has 0 aliphatic heterocycles. The minimum absolute atomic E-state index is 0.656. The summed E-state index contributed by atoms with van der Waals surface area (Å²) in [6.07, 6.45) is 0. The van der Waals surface area contributed by atoms with Gasteiger partial charge in [0.1, 0.15) is 0 Å². The van der Waals surface area contributed by atoms with Crippen molar-refractivity contribution in [3.05, 3.63) is 29.8 Å². The number of hydrogen-bond acceptors (Lipinski definition) is 3. The van der Waals surface area contributed by atoms with E-state index in [1.54, 1.807) is 0 Å². The second kappa shape index (κ2) is 4.09. The summed E-state index contributed by atoms with van der Waals surface area (Å²) in [6, 6.07) is 8.30. The van der Waals surface area contributed by atoms with Gasteiger partial charge < -0.3 is 4.90 Å². The molecule has 0 aliphatic carbocycles. The highest BCUT2D eigenvalue weighted by Gasteiger charge is 1.97. The van der Waals surface area contributed by atoms with E-state index in [1.165, 1.54) is 11.3 Å². The van der Waals surface area contributed by atoms with Crippen LogP contribution in [0.3, 0.4) is 0 Å². The lowest BCUT2D eigenvalue weighted by Gasteiger charge is -2.18. The van der Waals surface area contributed by atoms with E-state index in [-0.39, 0.29) is 0 Å². The summed E-state index contributed by atoms with van der Waals surface area (Å²) < 4.78 is 0. The zero-order valence-corrected chi connectivity index (χ0v) is 7.54. The van der Waals surface area contributed by atoms with Gasteiger partial charge in [0.15, 0.2) is 0 Å². The standard InChI is InChI=1S/C9H15N3/c1-8-4-3-5-9(6-8)12(2)7-11-10/h3-6,11H,7,10H2,1-2H3. The van der Waals surface area contributed by atoms with Crippen molar-refractivity contribution in [2.75, 3.05) is 18.6 Å². The number of aryl methyl sites for hydroxylation is 1. The Bertz CT molecular complexity index is 247. The van der Waals surface area contributed by atoms with Gasteiger partial charge in [-0.2, -0.15) is 0 Å². The predicted molar refractivity (Wildman–Crippen MR) is 51.8 cm³/mol. The fourth-order valence-electron chi connectivity index (χ4n) is 1.09. The molecular weight excluding hydrogens is 150 g/mol. The summed E-state index contributed by atoms with van der Waals surface area (Å²) in [5.74, 6) is 5.21. The minimum atomic E-state index is 0.656. The summed E-state index contributed by atoms with van der Waals surface area (Å²) in [6.45, 7) is 2.73. The number of nitrogens with zero attached hydrogens (tertiary/aromatic N) is 1. The van der Waals surface area contributed by atoms with Crippen LogP contribution in [0.1, 0.15) is 5.56 Å². The Hall–Kier alpha value is -1.06. The molecule has 0 atom stereocenters. The Kier molecular flexibility index (Phi) is 3.08. The van der Waals surface area contributed by atoms with Crippen molar-refractivity contribution in [3.63, 3.8) is 0 Å². The zero-order chi connectivity index (χ0) is 8.97. The van der Waals surface area contributed by atoms with Gasteiger partial charge in [-0.25, -0.2) is 5.43 Å². The first-order valence-electron chi connectivity index (χ1n) is 3.95. The molecule has 1 aromatic carbocycles. The van der Waals surface area contributed by atoms with Gasteiger partial charge >= 0.3 is 0 Å². The Morgan fingerprint density at radius 1 is 1.50 bits per heavy atom. The Morgan fingerprint density at radius 2 is 2.25 bits per heavy atom. The molecule has 12 heavy (non-hydrogen) atoms. The fourth-order valence-corrected chi connectivity index (χ4v) is 1.09. The van der Waals surface area contributed by atoms with Gasteiger partial charge in [-0.1, -0.05) is 12.1 Å². The summed E-state index contributed by atoms with van der Waals surface area (Å²) in [7, 11) is 1.99. The number of anilines is 1. The molecule has 0 spiro atoms. The van der Waals surface area contributed by atoms with E-state index >= 15 is 0 Å². The molecule has 3 nitrogen and oxygen atoms in total. The molecule has 0 aliphatic rings. The van der Waals surface area contributed by atoms with Gasteiger partial charge in [-0.05, 0) is 24.6 Å². The summed E-state index contributed by atoms with van der Waals surface area (Å²) >= 11 is 0. The summed E-state index contributed by atoms with van der Waals surface area (Å²) in [4.78, 5) is 2.05. The third-order valence-electron chi connectivity index (χ3n) is 1.77. The lowest BCUT2D eigenvalue weighted by atomic mass is 10.2. The van der Waals surface area contributed by atoms with E-state index < -0.39 is 0 Å². The molecule has 1 aromatic rings. The highest BCUT2D eigenvalue weighted by molar-refractivity contribution is 5.47. The van der Waals surface area contributed by atoms with Crippen molar-refractivity contribution >= 4 is 5.69 Å². The fraction of sp³-hybridized carbons (Fsp3) is 0.333. The van der Waals surface area contributed by atoms with Crippen LogP contribution in [0.15, 0.2) is 24.3 Å². The third-order valence-corrected chi connectivity index (χ3v) is 1.77. The maximum absolute atomic E-state index is 5.21. The van der Waals surface area contributed by atoms with Crippen LogP contribution >= 0.6 is 0 Å². The van der Waals surface area contributed by atoms with E-state index in [2.05, 4.69) is 30.5 Å². The molecule has 3 N–H and O–H groups in total. The Morgan fingerprint density at radius 3 is 2.83 bits per heavy atom. The topological polar surface area (TPSA) is 41.3 Å². The maximum atomic E-state index is 5.21. The summed E-state index contributed by atoms with van der Waals surface area (Å²) in [5, 5.41) is 0. The van der Waals surface area contributed by atoms with Crippen molar-refractivity contribution in [2.45, 2.75) is 6.92 Å². The van der Waals surface area contributed by atoms with Gasteiger partial charge in [-0.15, -0.1) is 0 Å².